The van der Waals surface area contributed by atoms with Crippen LogP contribution in [0.4, 0.5) is 0 Å². The molecule has 5 aliphatic rings. The van der Waals surface area contributed by atoms with E-state index >= 15 is 0 Å². The maximum absolute atomic E-state index is 11.2. The van der Waals surface area contributed by atoms with Gasteiger partial charge in [-0.3, -0.25) is 0 Å². The third kappa shape index (κ3) is 7.80. The number of aliphatic hydroxyl groups excluding tert-OH is 12. The molecule has 1 aromatic carbocycles. The Kier molecular flexibility index (Phi) is 12.1. The van der Waals surface area contributed by atoms with Gasteiger partial charge in [-0.15, -0.1) is 0 Å². The number of hydrogen-bond donors (Lipinski definition) is 15. The van der Waals surface area contributed by atoms with Gasteiger partial charge in [-0.1, -0.05) is 0 Å². The second-order valence-corrected chi connectivity index (χ2v) is 13.3. The summed E-state index contributed by atoms with van der Waals surface area (Å²) in [5.41, 5.74) is -0.0966. The van der Waals surface area contributed by atoms with Crippen LogP contribution in [0.1, 0.15) is 5.56 Å². The number of allylic oxidation sites excluding steroid dienone is 2. The van der Waals surface area contributed by atoms with Crippen LogP contribution in [0, 0.1) is 0 Å². The van der Waals surface area contributed by atoms with Crippen LogP contribution in [0.3, 0.4) is 0 Å². The van der Waals surface area contributed by atoms with Crippen molar-refractivity contribution < 1.29 is 110 Å². The molecule has 3 fully saturated rings. The van der Waals surface area contributed by atoms with Gasteiger partial charge in [0.25, 0.3) is 0 Å². The highest BCUT2D eigenvalue weighted by Crippen LogP contribution is 2.43. The first-order chi connectivity index (χ1) is 26.1. The summed E-state index contributed by atoms with van der Waals surface area (Å²) in [7, 11) is 0. The Hall–Kier alpha value is -3.82. The van der Waals surface area contributed by atoms with E-state index in [-0.39, 0.29) is 28.4 Å². The van der Waals surface area contributed by atoms with Gasteiger partial charge in [0.1, 0.15) is 78.7 Å². The van der Waals surface area contributed by atoms with Gasteiger partial charge in [0.15, 0.2) is 29.6 Å². The van der Waals surface area contributed by atoms with Crippen molar-refractivity contribution in [2.24, 2.45) is 0 Å². The van der Waals surface area contributed by atoms with E-state index in [1.54, 1.807) is 0 Å². The average molecular weight is 792 g/mol. The Balaban J connectivity index is 1.41. The normalized spacial score (nSPS) is 40.7. The maximum Gasteiger partial charge on any atom is 0.305 e. The Bertz CT molecular complexity index is 1650. The fourth-order valence-electron chi connectivity index (χ4n) is 6.53. The Morgan fingerprint density at radius 2 is 1.09 bits per heavy atom. The van der Waals surface area contributed by atoms with Crippen LogP contribution in [0.15, 0.2) is 53.2 Å². The zero-order valence-corrected chi connectivity index (χ0v) is 28.4. The maximum atomic E-state index is 11.2. The van der Waals surface area contributed by atoms with Crippen molar-refractivity contribution in [2.75, 3.05) is 19.8 Å². The minimum atomic E-state index is -1.99. The smallest absolute Gasteiger partial charge is 0.305 e. The quantitative estimate of drug-likeness (QED) is 0.0775. The molecule has 0 saturated carbocycles. The lowest BCUT2D eigenvalue weighted by molar-refractivity contribution is -0.363. The second kappa shape index (κ2) is 16.3. The number of ether oxygens (including phenoxy) is 7. The van der Waals surface area contributed by atoms with Crippen LogP contribution in [-0.2, 0) is 28.4 Å². The number of phenols is 3. The van der Waals surface area contributed by atoms with E-state index in [0.29, 0.717) is 0 Å². The topological polar surface area (TPSA) is 372 Å². The van der Waals surface area contributed by atoms with Gasteiger partial charge in [-0.25, -0.2) is 0 Å². The second-order valence-electron chi connectivity index (χ2n) is 13.3. The number of benzene rings is 1. The molecule has 0 amide bonds. The van der Waals surface area contributed by atoms with Crippen LogP contribution in [0.5, 0.6) is 17.2 Å². The fourth-order valence-corrected chi connectivity index (χ4v) is 6.53. The molecule has 6 rings (SSSR count). The van der Waals surface area contributed by atoms with Gasteiger partial charge < -0.3 is 110 Å². The molecule has 4 aliphatic heterocycles. The van der Waals surface area contributed by atoms with Gasteiger partial charge in [0.05, 0.1) is 37.0 Å². The van der Waals surface area contributed by atoms with Crippen LogP contribution in [-0.4, -0.2) is 199 Å². The van der Waals surface area contributed by atoms with Crippen molar-refractivity contribution >= 4 is 5.76 Å². The number of phenolic OH excluding ortho intramolecular Hbond substituents is 3. The summed E-state index contributed by atoms with van der Waals surface area (Å²) < 4.78 is 38.9. The Labute approximate surface area is 309 Å². The minimum absolute atomic E-state index is 0.0298. The number of hydrogen-bond acceptors (Lipinski definition) is 21. The molecule has 22 heteroatoms. The van der Waals surface area contributed by atoms with E-state index in [1.807, 2.05) is 0 Å². The highest BCUT2D eigenvalue weighted by atomic mass is 16.8. The summed E-state index contributed by atoms with van der Waals surface area (Å²) in [5, 5.41) is 155. The first kappa shape index (κ1) is 40.8. The molecule has 1 aromatic rings. The fraction of sp³-hybridized carbons (Fsp3) is 0.576. The lowest BCUT2D eigenvalue weighted by Crippen LogP contribution is -2.64. The molecule has 0 aromatic heterocycles. The van der Waals surface area contributed by atoms with E-state index in [0.717, 1.165) is 18.2 Å². The van der Waals surface area contributed by atoms with Crippen molar-refractivity contribution in [3.63, 3.8) is 0 Å². The van der Waals surface area contributed by atoms with Crippen molar-refractivity contribution in [1.82, 2.24) is 0 Å². The van der Waals surface area contributed by atoms with Gasteiger partial charge in [-0.05, 0) is 0 Å². The van der Waals surface area contributed by atoms with E-state index in [9.17, 15) is 76.6 Å². The monoisotopic (exact) mass is 791 g/mol. The standard InChI is InChI=1S/C33H42O22/c34-6-17-21(41)24(44)27(47)31(52-17)50-15-4-10(37)3-14-11(15)5-16(29(49-14)9-1-12(38)20(40)13(39)2-9)51-33-30(26(46)23(43)19(8-36)54-33)55-32-28(48)25(45)22(42)18(7-35)53-32/h1-5,14,17-19,21-28,30-48H,6-8H2/p+1. The molecule has 0 spiro atoms. The lowest BCUT2D eigenvalue weighted by Gasteiger charge is -2.46. The van der Waals surface area contributed by atoms with Gasteiger partial charge in [0, 0.05) is 24.3 Å². The molecule has 4 heterocycles. The van der Waals surface area contributed by atoms with Gasteiger partial charge in [-0.2, -0.15) is 0 Å². The molecule has 16 unspecified atom stereocenters. The number of fused-ring (bicyclic) bond motifs is 1. The Morgan fingerprint density at radius 1 is 0.582 bits per heavy atom. The van der Waals surface area contributed by atoms with Gasteiger partial charge >= 0.3 is 5.76 Å². The summed E-state index contributed by atoms with van der Waals surface area (Å²) in [5.74, 6) is -3.82. The molecule has 0 bridgehead atoms. The average Bonchev–Trinajstić information content (AvgIpc) is 3.16. The van der Waals surface area contributed by atoms with Crippen molar-refractivity contribution in [3.05, 3.63) is 58.8 Å². The molecule has 22 nitrogen and oxygen atoms in total. The molecular weight excluding hydrogens is 748 g/mol. The lowest BCUT2D eigenvalue weighted by atomic mass is 9.95. The molecule has 16 atom stereocenters. The van der Waals surface area contributed by atoms with Crippen molar-refractivity contribution in [3.8, 4) is 17.2 Å². The van der Waals surface area contributed by atoms with Crippen molar-refractivity contribution in [1.29, 1.82) is 0 Å². The van der Waals surface area contributed by atoms with E-state index in [4.69, 9.17) is 28.4 Å². The first-order valence-corrected chi connectivity index (χ1v) is 16.9. The molecule has 0 radical (unpaired) electrons. The number of rotatable bonds is 10. The summed E-state index contributed by atoms with van der Waals surface area (Å²) in [4.78, 5) is 0. The molecule has 16 N–H and O–H groups in total. The molecule has 55 heavy (non-hydrogen) atoms. The first-order valence-electron chi connectivity index (χ1n) is 16.9. The van der Waals surface area contributed by atoms with Crippen molar-refractivity contribution in [2.45, 2.75) is 98.2 Å². The number of aromatic hydroxyl groups is 3. The third-order valence-electron chi connectivity index (χ3n) is 9.64. The summed E-state index contributed by atoms with van der Waals surface area (Å²) in [6, 6.07) is 1.95. The summed E-state index contributed by atoms with van der Waals surface area (Å²) in [6.45, 7) is -2.50. The highest BCUT2D eigenvalue weighted by Gasteiger charge is 2.52. The largest absolute Gasteiger partial charge is 0.571 e. The zero-order chi connectivity index (χ0) is 40.0. The molecule has 306 valence electrons. The van der Waals surface area contributed by atoms with E-state index < -0.39 is 141 Å². The van der Waals surface area contributed by atoms with Crippen LogP contribution in [0.25, 0.3) is 5.76 Å². The SMILES string of the molecule is OCC1OC(OC2=CC(O)=CC3[OH+]C(c4cc(O)c(O)c(O)c4)=C(OC4OC(CO)C(O)C(O)C4OC4OC(CO)C(O)C(O)C4O)C=C23)C(O)C(O)C1O. The summed E-state index contributed by atoms with van der Waals surface area (Å²) >= 11 is 0. The minimum Gasteiger partial charge on any atom is -0.571 e. The molecule has 3 saturated heterocycles. The highest BCUT2D eigenvalue weighted by molar-refractivity contribution is 5.71. The third-order valence-corrected chi connectivity index (χ3v) is 9.64. The predicted octanol–water partition coefficient (Wildman–Crippen LogP) is -5.89. The molecule has 1 aliphatic carbocycles. The zero-order valence-electron chi connectivity index (χ0n) is 28.4. The van der Waals surface area contributed by atoms with Crippen LogP contribution in [0.2, 0.25) is 0 Å². The van der Waals surface area contributed by atoms with E-state index in [2.05, 4.69) is 4.74 Å². The molecular formula is C33H43O22+. The van der Waals surface area contributed by atoms with Gasteiger partial charge in [0.2, 0.25) is 24.4 Å². The van der Waals surface area contributed by atoms with E-state index in [1.165, 1.54) is 12.2 Å². The van der Waals surface area contributed by atoms with Crippen LogP contribution < -0.4 is 0 Å². The number of aliphatic hydroxyl groups is 14. The summed E-state index contributed by atoms with van der Waals surface area (Å²) in [6.07, 6.45) is -24.4. The Morgan fingerprint density at radius 3 is 1.65 bits per heavy atom. The predicted molar refractivity (Wildman–Crippen MR) is 174 cm³/mol. The van der Waals surface area contributed by atoms with Crippen LogP contribution >= 0.6 is 0 Å².